The highest BCUT2D eigenvalue weighted by atomic mass is 16.4. The number of unbranched alkanes of at least 4 members (excludes halogenated alkanes) is 2. The number of carboxylic acids is 1. The van der Waals surface area contributed by atoms with Gasteiger partial charge in [0.25, 0.3) is 0 Å². The number of H-pyrrole nitrogens is 2. The SMILES string of the molecule is CC[C@H](C)[C@H](NC(=O)[C@H](Cc1c[nH]c2ccccc12)NC(=O)[C@H](CC(C)C)NC(=O)[C@H](CC(C)C)NC(=O)[C@@H](N)Cc1c[nH]c2ccccc12)C(=O)N[C@@H](C)C(=O)N[C@@H](CC(C)C)C(=O)N[C@@H](CCCNC(=N)N)C(=O)N[C@@H](CCCCN)C(=O)N[C@@H](CCCCN)C(=O)O. The summed E-state index contributed by atoms with van der Waals surface area (Å²) in [4.78, 5) is 147. The summed E-state index contributed by atoms with van der Waals surface area (Å²) in [5, 5.41) is 46.6. The number of nitrogens with one attached hydrogen (secondary N) is 13. The molecule has 2 heterocycles. The number of hydrogen-bond donors (Lipinski definition) is 18. The number of hydrogen-bond acceptors (Lipinski definition) is 14. The quantitative estimate of drug-likeness (QED) is 0.0171. The molecule has 4 aromatic rings. The number of aromatic amines is 2. The second-order valence-electron chi connectivity index (χ2n) is 26.0. The van der Waals surface area contributed by atoms with Crippen molar-refractivity contribution >= 4 is 86.9 Å². The standard InChI is InChI=1S/C67H107N17O11/c1-10-40(8)56(65(93)76-41(9)57(85)80-52(30-37(2)3)61(89)78-50(26-19-29-73-67(71)72)59(87)77-49(24-15-17-27-68)60(88)79-51(66(94)95)25-16-18-28-69)84-64(92)55(34-43-36-75-48-23-14-12-21-45(43)48)83-63(91)54(32-39(6)7)82-62(90)53(31-38(4)5)81-58(86)46(70)33-42-35-74-47-22-13-11-20-44(42)47/h11-14,20-23,35-41,46,49-56,74-75H,10,15-19,24-34,68-70H2,1-9H3,(H,76,93)(H,77,87)(H,78,89)(H,79,88)(H,80,85)(H,81,86)(H,82,90)(H,83,91)(H,84,92)(H,94,95)(H4,71,72,73)/t40-,41-,46-,49-,50-,51-,52-,53-,54-,55-,56-/m0/s1. The van der Waals surface area contributed by atoms with Crippen molar-refractivity contribution in [3.8, 4) is 0 Å². The third-order valence-corrected chi connectivity index (χ3v) is 16.5. The lowest BCUT2D eigenvalue weighted by Crippen LogP contribution is -2.61. The molecule has 28 heteroatoms. The third-order valence-electron chi connectivity index (χ3n) is 16.5. The van der Waals surface area contributed by atoms with Crippen molar-refractivity contribution < 1.29 is 53.1 Å². The molecule has 0 fully saturated rings. The largest absolute Gasteiger partial charge is 0.480 e. The van der Waals surface area contributed by atoms with Gasteiger partial charge in [0.05, 0.1) is 6.04 Å². The first kappa shape index (κ1) is 78.8. The minimum Gasteiger partial charge on any atom is -0.480 e. The highest BCUT2D eigenvalue weighted by Crippen LogP contribution is 2.22. The Balaban J connectivity index is 1.56. The predicted molar refractivity (Wildman–Crippen MR) is 365 cm³/mol. The van der Waals surface area contributed by atoms with E-state index in [1.54, 1.807) is 19.3 Å². The first-order chi connectivity index (χ1) is 45.1. The minimum absolute atomic E-state index is 0.0327. The first-order valence-electron chi connectivity index (χ1n) is 33.4. The Hall–Kier alpha value is -8.63. The van der Waals surface area contributed by atoms with Gasteiger partial charge in [-0.25, -0.2) is 4.79 Å². The highest BCUT2D eigenvalue weighted by molar-refractivity contribution is 5.99. The van der Waals surface area contributed by atoms with Gasteiger partial charge in [-0.3, -0.25) is 48.6 Å². The molecule has 0 aliphatic rings. The zero-order valence-electron chi connectivity index (χ0n) is 56.7. The second kappa shape index (κ2) is 39.9. The molecule has 22 N–H and O–H groups in total. The maximum atomic E-state index is 14.9. The van der Waals surface area contributed by atoms with Gasteiger partial charge in [0.15, 0.2) is 5.96 Å². The van der Waals surface area contributed by atoms with Gasteiger partial charge in [-0.15, -0.1) is 0 Å². The lowest BCUT2D eigenvalue weighted by Gasteiger charge is -2.30. The van der Waals surface area contributed by atoms with Crippen LogP contribution in [0.3, 0.4) is 0 Å². The third kappa shape index (κ3) is 26.2. The molecule has 2 aromatic carbocycles. The summed E-state index contributed by atoms with van der Waals surface area (Å²) >= 11 is 0. The fourth-order valence-electron chi connectivity index (χ4n) is 11.0. The molecule has 28 nitrogen and oxygen atoms in total. The fourth-order valence-corrected chi connectivity index (χ4v) is 11.0. The number of guanidine groups is 1. The number of carboxylic acid groups (broad SMARTS) is 1. The Morgan fingerprint density at radius 3 is 1.32 bits per heavy atom. The molecular weight excluding hydrogens is 1220 g/mol. The van der Waals surface area contributed by atoms with Gasteiger partial charge in [0, 0.05) is 47.2 Å². The van der Waals surface area contributed by atoms with E-state index in [0.717, 1.165) is 27.4 Å². The van der Waals surface area contributed by atoms with Crippen molar-refractivity contribution in [1.29, 1.82) is 5.41 Å². The number of rotatable bonds is 43. The van der Waals surface area contributed by atoms with Crippen molar-refractivity contribution in [3.63, 3.8) is 0 Å². The van der Waals surface area contributed by atoms with E-state index in [-0.39, 0.29) is 94.6 Å². The zero-order chi connectivity index (χ0) is 70.5. The summed E-state index contributed by atoms with van der Waals surface area (Å²) in [5.74, 6) is -9.04. The van der Waals surface area contributed by atoms with Crippen LogP contribution >= 0.6 is 0 Å². The molecule has 0 saturated heterocycles. The van der Waals surface area contributed by atoms with Gasteiger partial charge in [-0.1, -0.05) is 98.2 Å². The van der Waals surface area contributed by atoms with Crippen molar-refractivity contribution in [2.75, 3.05) is 19.6 Å². The van der Waals surface area contributed by atoms with Crippen LogP contribution in [0, 0.1) is 29.1 Å². The minimum atomic E-state index is -1.34. The molecule has 0 radical (unpaired) electrons. The normalized spacial score (nSPS) is 15.0. The molecule has 11 atom stereocenters. The van der Waals surface area contributed by atoms with E-state index in [1.807, 2.05) is 97.0 Å². The van der Waals surface area contributed by atoms with Gasteiger partial charge in [-0.05, 0) is 144 Å². The van der Waals surface area contributed by atoms with Gasteiger partial charge in [-0.2, -0.15) is 0 Å². The van der Waals surface area contributed by atoms with Gasteiger partial charge in [0.1, 0.15) is 54.4 Å². The number of amides is 9. The van der Waals surface area contributed by atoms with E-state index in [4.69, 9.17) is 28.3 Å². The van der Waals surface area contributed by atoms with E-state index in [2.05, 4.69) is 63.1 Å². The smallest absolute Gasteiger partial charge is 0.326 e. The number of carbonyl (C=O) groups is 10. The van der Waals surface area contributed by atoms with Crippen LogP contribution in [0.1, 0.15) is 150 Å². The van der Waals surface area contributed by atoms with Crippen molar-refractivity contribution in [2.45, 2.75) is 213 Å². The molecule has 526 valence electrons. The molecule has 0 bridgehead atoms. The summed E-state index contributed by atoms with van der Waals surface area (Å²) < 4.78 is 0. The number of aromatic nitrogens is 2. The highest BCUT2D eigenvalue weighted by Gasteiger charge is 2.37. The Bertz CT molecular complexity index is 3180. The van der Waals surface area contributed by atoms with Gasteiger partial charge < -0.3 is 91.2 Å². The summed E-state index contributed by atoms with van der Waals surface area (Å²) in [6, 6.07) is 2.71. The van der Waals surface area contributed by atoms with Crippen LogP contribution in [-0.4, -0.2) is 160 Å². The van der Waals surface area contributed by atoms with Crippen LogP contribution < -0.4 is 76.1 Å². The van der Waals surface area contributed by atoms with E-state index >= 15 is 0 Å². The summed E-state index contributed by atoms with van der Waals surface area (Å²) in [6.07, 6.45) is 6.62. The van der Waals surface area contributed by atoms with Gasteiger partial charge in [0.2, 0.25) is 53.2 Å². The first-order valence-corrected chi connectivity index (χ1v) is 33.4. The number of benzene rings is 2. The monoisotopic (exact) mass is 1330 g/mol. The van der Waals surface area contributed by atoms with Crippen LogP contribution in [-0.2, 0) is 60.8 Å². The number of para-hydroxylation sites is 2. The number of carbonyl (C=O) groups excluding carboxylic acids is 9. The lowest BCUT2D eigenvalue weighted by molar-refractivity contribution is -0.142. The molecule has 0 aliphatic carbocycles. The van der Waals surface area contributed by atoms with E-state index in [9.17, 15) is 53.1 Å². The predicted octanol–water partition coefficient (Wildman–Crippen LogP) is 1.94. The molecule has 0 saturated carbocycles. The van der Waals surface area contributed by atoms with Crippen molar-refractivity contribution in [1.82, 2.24) is 63.1 Å². The van der Waals surface area contributed by atoms with Gasteiger partial charge >= 0.3 is 5.97 Å². The second-order valence-corrected chi connectivity index (χ2v) is 26.0. The number of fused-ring (bicyclic) bond motifs is 2. The van der Waals surface area contributed by atoms with Crippen molar-refractivity contribution in [2.24, 2.45) is 46.6 Å². The average molecular weight is 1330 g/mol. The summed E-state index contributed by atoms with van der Waals surface area (Å²) in [6.45, 7) is 16.8. The number of aliphatic carboxylic acids is 1. The molecular formula is C67H107N17O11. The van der Waals surface area contributed by atoms with Crippen LogP contribution in [0.5, 0.6) is 0 Å². The molecule has 95 heavy (non-hydrogen) atoms. The number of nitrogens with two attached hydrogens (primary N) is 4. The molecule has 0 aliphatic heterocycles. The maximum absolute atomic E-state index is 14.9. The van der Waals surface area contributed by atoms with Crippen LogP contribution in [0.25, 0.3) is 21.8 Å². The van der Waals surface area contributed by atoms with E-state index in [0.29, 0.717) is 44.2 Å². The molecule has 2 aromatic heterocycles. The Morgan fingerprint density at radius 1 is 0.474 bits per heavy atom. The zero-order valence-corrected chi connectivity index (χ0v) is 56.7. The molecule has 0 spiro atoms. The lowest BCUT2D eigenvalue weighted by atomic mass is 9.96. The van der Waals surface area contributed by atoms with Crippen LogP contribution in [0.2, 0.25) is 0 Å². The average Bonchev–Trinajstić information content (AvgIpc) is 1.74. The van der Waals surface area contributed by atoms with Crippen LogP contribution in [0.4, 0.5) is 0 Å². The molecule has 9 amide bonds. The van der Waals surface area contributed by atoms with E-state index in [1.165, 1.54) is 6.92 Å². The topological polar surface area (TPSA) is 471 Å². The maximum Gasteiger partial charge on any atom is 0.326 e. The van der Waals surface area contributed by atoms with Crippen LogP contribution in [0.15, 0.2) is 60.9 Å². The summed E-state index contributed by atoms with van der Waals surface area (Å²) in [7, 11) is 0. The Morgan fingerprint density at radius 2 is 0.863 bits per heavy atom. The van der Waals surface area contributed by atoms with E-state index < -0.39 is 125 Å². The fraction of sp³-hybridized carbons (Fsp3) is 0.597. The Labute approximate surface area is 557 Å². The molecule has 4 rings (SSSR count). The Kier molecular flexibility index (Phi) is 33.1. The van der Waals surface area contributed by atoms with Crippen molar-refractivity contribution in [3.05, 3.63) is 72.1 Å². The molecule has 0 unspecified atom stereocenters. The summed E-state index contributed by atoms with van der Waals surface area (Å²) in [5.41, 5.74) is 26.4.